The summed E-state index contributed by atoms with van der Waals surface area (Å²) in [7, 11) is -1.96. The second-order valence-corrected chi connectivity index (χ2v) is 16.5. The highest BCUT2D eigenvalue weighted by Crippen LogP contribution is 2.38. The first-order valence-electron chi connectivity index (χ1n) is 13.3. The van der Waals surface area contributed by atoms with Crippen LogP contribution >= 0.6 is 0 Å². The summed E-state index contributed by atoms with van der Waals surface area (Å²) in [5, 5.41) is 22.6. The van der Waals surface area contributed by atoms with Crippen LogP contribution in [0.3, 0.4) is 0 Å². The predicted octanol–water partition coefficient (Wildman–Crippen LogP) is 6.36. The third kappa shape index (κ3) is 9.47. The lowest BCUT2D eigenvalue weighted by molar-refractivity contribution is -0.146. The van der Waals surface area contributed by atoms with Gasteiger partial charge in [0, 0.05) is 18.4 Å². The molecule has 0 saturated heterocycles. The first kappa shape index (κ1) is 31.4. The maximum absolute atomic E-state index is 12.2. The topological polar surface area (TPSA) is 68.2 Å². The van der Waals surface area contributed by atoms with Crippen molar-refractivity contribution in [2.24, 2.45) is 11.8 Å². The quantitative estimate of drug-likeness (QED) is 0.196. The zero-order valence-electron chi connectivity index (χ0n) is 23.7. The fourth-order valence-electron chi connectivity index (χ4n) is 4.19. The van der Waals surface area contributed by atoms with Gasteiger partial charge in [0.2, 0.25) is 0 Å². The molecule has 0 aliphatic rings. The molecule has 3 atom stereocenters. The van der Waals surface area contributed by atoms with Crippen LogP contribution in [-0.2, 0) is 27.1 Å². The molecule has 2 aromatic rings. The molecule has 0 spiro atoms. The minimum Gasteiger partial charge on any atom is -0.417 e. The molecule has 0 aromatic heterocycles. The molecule has 0 saturated carbocycles. The van der Waals surface area contributed by atoms with E-state index in [-0.39, 0.29) is 24.2 Å². The summed E-state index contributed by atoms with van der Waals surface area (Å²) in [6.07, 6.45) is 0.580. The number of hydrogen-bond acceptors (Lipinski definition) is 5. The highest BCUT2D eigenvalue weighted by molar-refractivity contribution is 6.74. The van der Waals surface area contributed by atoms with Gasteiger partial charge in [-0.15, -0.1) is 0 Å². The van der Waals surface area contributed by atoms with Crippen molar-refractivity contribution >= 4 is 8.32 Å². The van der Waals surface area contributed by atoms with Crippen LogP contribution in [0.4, 0.5) is 0 Å². The van der Waals surface area contributed by atoms with Gasteiger partial charge in [-0.2, -0.15) is 0 Å². The summed E-state index contributed by atoms with van der Waals surface area (Å²) >= 11 is 0. The van der Waals surface area contributed by atoms with Gasteiger partial charge >= 0.3 is 0 Å². The Morgan fingerprint density at radius 2 is 1.43 bits per heavy atom. The average molecular weight is 529 g/mol. The molecule has 0 aliphatic carbocycles. The Morgan fingerprint density at radius 1 is 0.919 bits per heavy atom. The van der Waals surface area contributed by atoms with Crippen molar-refractivity contribution in [1.82, 2.24) is 0 Å². The summed E-state index contributed by atoms with van der Waals surface area (Å²) in [4.78, 5) is 0. The second-order valence-electron chi connectivity index (χ2n) is 11.6. The van der Waals surface area contributed by atoms with Gasteiger partial charge in [-0.05, 0) is 42.6 Å². The number of ether oxygens (including phenoxy) is 2. The number of benzene rings is 2. The number of aliphatic hydroxyl groups is 2. The van der Waals surface area contributed by atoms with E-state index in [2.05, 4.69) is 40.4 Å². The molecule has 2 aromatic carbocycles. The Morgan fingerprint density at radius 3 is 1.89 bits per heavy atom. The maximum atomic E-state index is 12.2. The Hall–Kier alpha value is -1.80. The SMILES string of the molecule is C=C(C)C(CO)C(O)(COCc1ccccc1)C(CCO[Si](C)(C)C(C)(C)C)COCc1ccccc1. The third-order valence-corrected chi connectivity index (χ3v) is 12.2. The van der Waals surface area contributed by atoms with Gasteiger partial charge in [0.1, 0.15) is 5.60 Å². The molecule has 0 fully saturated rings. The van der Waals surface area contributed by atoms with E-state index < -0.39 is 19.8 Å². The standard InChI is InChI=1S/C31H48O5Si/c1-25(2)29(20-32)31(33,24-35-22-27-16-12-9-13-17-27)28(18-19-36-37(6,7)30(3,4)5)23-34-21-26-14-10-8-11-15-26/h8-17,28-29,32-33H,1,18-24H2,2-7H3. The minimum atomic E-state index is -1.96. The van der Waals surface area contributed by atoms with Crippen LogP contribution < -0.4 is 0 Å². The van der Waals surface area contributed by atoms with Crippen molar-refractivity contribution in [1.29, 1.82) is 0 Å². The van der Waals surface area contributed by atoms with Gasteiger partial charge in [-0.1, -0.05) is 93.6 Å². The second kappa shape index (κ2) is 14.4. The van der Waals surface area contributed by atoms with Crippen molar-refractivity contribution in [3.8, 4) is 0 Å². The summed E-state index contributed by atoms with van der Waals surface area (Å²) in [5.74, 6) is -0.882. The Balaban J connectivity index is 2.24. The van der Waals surface area contributed by atoms with Crippen molar-refractivity contribution in [3.63, 3.8) is 0 Å². The van der Waals surface area contributed by atoms with Gasteiger partial charge in [-0.3, -0.25) is 0 Å². The summed E-state index contributed by atoms with van der Waals surface area (Å²) in [5.41, 5.74) is 1.44. The van der Waals surface area contributed by atoms with Crippen LogP contribution in [0.1, 0.15) is 45.2 Å². The molecular formula is C31H48O5Si. The van der Waals surface area contributed by atoms with Gasteiger partial charge in [0.15, 0.2) is 8.32 Å². The first-order valence-corrected chi connectivity index (χ1v) is 16.2. The van der Waals surface area contributed by atoms with Crippen molar-refractivity contribution < 1.29 is 24.1 Å². The van der Waals surface area contributed by atoms with E-state index in [9.17, 15) is 10.2 Å². The Labute approximate surface area is 225 Å². The number of aliphatic hydroxyl groups excluding tert-OH is 1. The van der Waals surface area contributed by atoms with E-state index in [0.29, 0.717) is 38.4 Å². The predicted molar refractivity (Wildman–Crippen MR) is 154 cm³/mol. The number of rotatable bonds is 16. The molecule has 0 heterocycles. The maximum Gasteiger partial charge on any atom is 0.191 e. The zero-order chi connectivity index (χ0) is 27.5. The van der Waals surface area contributed by atoms with Crippen LogP contribution in [0.25, 0.3) is 0 Å². The molecule has 6 heteroatoms. The Kier molecular flexibility index (Phi) is 12.2. The third-order valence-electron chi connectivity index (χ3n) is 7.70. The van der Waals surface area contributed by atoms with Crippen molar-refractivity contribution in [3.05, 3.63) is 83.9 Å². The molecule has 2 N–H and O–H groups in total. The monoisotopic (exact) mass is 528 g/mol. The van der Waals surface area contributed by atoms with Crippen molar-refractivity contribution in [2.45, 2.75) is 71.1 Å². The largest absolute Gasteiger partial charge is 0.417 e. The van der Waals surface area contributed by atoms with Crippen LogP contribution in [0.2, 0.25) is 18.1 Å². The molecular weight excluding hydrogens is 480 g/mol. The van der Waals surface area contributed by atoms with E-state index in [1.807, 2.05) is 67.6 Å². The van der Waals surface area contributed by atoms with Gasteiger partial charge in [0.05, 0.1) is 33.0 Å². The summed E-state index contributed by atoms with van der Waals surface area (Å²) in [6.45, 7) is 18.5. The molecule has 3 unspecified atom stereocenters. The van der Waals surface area contributed by atoms with E-state index in [1.54, 1.807) is 0 Å². The van der Waals surface area contributed by atoms with Crippen LogP contribution in [0.15, 0.2) is 72.8 Å². The normalized spacial score (nSPS) is 15.7. The van der Waals surface area contributed by atoms with E-state index in [4.69, 9.17) is 13.9 Å². The molecule has 0 radical (unpaired) electrons. The lowest BCUT2D eigenvalue weighted by atomic mass is 9.73. The molecule has 0 amide bonds. The fraction of sp³-hybridized carbons (Fsp3) is 0.548. The zero-order valence-corrected chi connectivity index (χ0v) is 24.7. The lowest BCUT2D eigenvalue weighted by Crippen LogP contribution is -2.53. The summed E-state index contributed by atoms with van der Waals surface area (Å²) in [6, 6.07) is 19.9. The van der Waals surface area contributed by atoms with Gasteiger partial charge in [0.25, 0.3) is 0 Å². The molecule has 0 aliphatic heterocycles. The molecule has 2 rings (SSSR count). The van der Waals surface area contributed by atoms with E-state index in [1.165, 1.54) is 0 Å². The smallest absolute Gasteiger partial charge is 0.191 e. The van der Waals surface area contributed by atoms with E-state index in [0.717, 1.165) is 11.1 Å². The van der Waals surface area contributed by atoms with Crippen LogP contribution in [0, 0.1) is 11.8 Å². The molecule has 37 heavy (non-hydrogen) atoms. The minimum absolute atomic E-state index is 0.0550. The van der Waals surface area contributed by atoms with Gasteiger partial charge < -0.3 is 24.1 Å². The highest BCUT2D eigenvalue weighted by atomic mass is 28.4. The molecule has 206 valence electrons. The summed E-state index contributed by atoms with van der Waals surface area (Å²) < 4.78 is 18.7. The lowest BCUT2D eigenvalue weighted by Gasteiger charge is -2.43. The number of hydrogen-bond donors (Lipinski definition) is 2. The van der Waals surface area contributed by atoms with Crippen LogP contribution in [0.5, 0.6) is 0 Å². The van der Waals surface area contributed by atoms with Crippen molar-refractivity contribution in [2.75, 3.05) is 26.4 Å². The highest BCUT2D eigenvalue weighted by Gasteiger charge is 2.45. The first-order chi connectivity index (χ1) is 17.4. The molecule has 5 nitrogen and oxygen atoms in total. The van der Waals surface area contributed by atoms with Gasteiger partial charge in [-0.25, -0.2) is 0 Å². The fourth-order valence-corrected chi connectivity index (χ4v) is 5.26. The Bertz CT molecular complexity index is 926. The molecule has 0 bridgehead atoms. The van der Waals surface area contributed by atoms with E-state index >= 15 is 0 Å². The van der Waals surface area contributed by atoms with Crippen LogP contribution in [-0.4, -0.2) is 50.6 Å². The average Bonchev–Trinajstić information content (AvgIpc) is 2.84.